The summed E-state index contributed by atoms with van der Waals surface area (Å²) in [4.78, 5) is 48.0. The Kier molecular flexibility index (Phi) is 3.71. The lowest BCUT2D eigenvalue weighted by atomic mass is 10.1. The third-order valence-electron chi connectivity index (χ3n) is 3.16. The van der Waals surface area contributed by atoms with Crippen LogP contribution in [0.4, 0.5) is 0 Å². The predicted octanol–water partition coefficient (Wildman–Crippen LogP) is 0.994. The van der Waals surface area contributed by atoms with E-state index in [1.165, 1.54) is 18.5 Å². The minimum atomic E-state index is -0.720. The highest BCUT2D eigenvalue weighted by molar-refractivity contribution is 6.01. The molecule has 0 aliphatic heterocycles. The molecule has 0 saturated heterocycles. The van der Waals surface area contributed by atoms with Crippen molar-refractivity contribution in [3.05, 3.63) is 58.0 Å². The first-order valence-corrected chi connectivity index (χ1v) is 6.74. The van der Waals surface area contributed by atoms with Crippen molar-refractivity contribution in [2.45, 2.75) is 6.92 Å². The largest absolute Gasteiger partial charge is 0.453 e. The maximum Gasteiger partial charge on any atom is 0.358 e. The molecule has 2 aromatic heterocycles. The second-order valence-electron chi connectivity index (χ2n) is 4.88. The number of H-pyrrole nitrogens is 2. The normalized spacial score (nSPS) is 10.7. The number of aryl methyl sites for hydroxylation is 1. The van der Waals surface area contributed by atoms with E-state index in [0.29, 0.717) is 22.3 Å². The van der Waals surface area contributed by atoms with Gasteiger partial charge in [0.15, 0.2) is 18.1 Å². The van der Waals surface area contributed by atoms with E-state index in [9.17, 15) is 14.4 Å². The van der Waals surface area contributed by atoms with Crippen molar-refractivity contribution in [1.82, 2.24) is 19.9 Å². The molecule has 0 saturated carbocycles. The molecule has 0 aliphatic carbocycles. The molecular weight excluding hydrogens is 300 g/mol. The Bertz CT molecular complexity index is 940. The predicted molar refractivity (Wildman–Crippen MR) is 80.3 cm³/mol. The Labute approximate surface area is 129 Å². The zero-order valence-corrected chi connectivity index (χ0v) is 12.1. The summed E-state index contributed by atoms with van der Waals surface area (Å²) in [6.07, 6.45) is 2.73. The number of carbonyl (C=O) groups excluding carboxylic acids is 2. The lowest BCUT2D eigenvalue weighted by Crippen LogP contribution is -2.15. The maximum atomic E-state index is 12.1. The van der Waals surface area contributed by atoms with E-state index in [1.807, 2.05) is 0 Å². The quantitative estimate of drug-likeness (QED) is 0.548. The number of nitrogens with one attached hydrogen (secondary N) is 2. The van der Waals surface area contributed by atoms with E-state index in [-0.39, 0.29) is 17.2 Å². The van der Waals surface area contributed by atoms with E-state index in [2.05, 4.69) is 19.9 Å². The minimum absolute atomic E-state index is 0.0359. The number of aromatic amines is 2. The first kappa shape index (κ1) is 14.6. The van der Waals surface area contributed by atoms with Crippen molar-refractivity contribution < 1.29 is 14.3 Å². The number of ketones is 1. The van der Waals surface area contributed by atoms with Gasteiger partial charge in [0, 0.05) is 11.8 Å². The van der Waals surface area contributed by atoms with E-state index in [4.69, 9.17) is 4.74 Å². The van der Waals surface area contributed by atoms with Gasteiger partial charge in [-0.25, -0.2) is 14.6 Å². The zero-order valence-electron chi connectivity index (χ0n) is 12.1. The third kappa shape index (κ3) is 3.15. The summed E-state index contributed by atoms with van der Waals surface area (Å²) in [6, 6.07) is 4.68. The molecule has 3 aromatic rings. The van der Waals surface area contributed by atoms with Crippen LogP contribution in [-0.2, 0) is 4.74 Å². The molecule has 0 bridgehead atoms. The summed E-state index contributed by atoms with van der Waals surface area (Å²) < 4.78 is 4.93. The van der Waals surface area contributed by atoms with Crippen molar-refractivity contribution in [2.24, 2.45) is 0 Å². The molecule has 2 heterocycles. The van der Waals surface area contributed by atoms with Gasteiger partial charge in [0.05, 0.1) is 22.9 Å². The Hall–Kier alpha value is -3.29. The van der Waals surface area contributed by atoms with E-state index >= 15 is 0 Å². The molecule has 0 radical (unpaired) electrons. The van der Waals surface area contributed by atoms with Crippen LogP contribution in [0.2, 0.25) is 0 Å². The van der Waals surface area contributed by atoms with Crippen LogP contribution in [0, 0.1) is 6.92 Å². The van der Waals surface area contributed by atoms with Gasteiger partial charge in [-0.3, -0.25) is 9.78 Å². The van der Waals surface area contributed by atoms with Crippen LogP contribution < -0.4 is 5.69 Å². The number of Topliss-reactive ketones (excluding diaryl/α,β-unsaturated/α-hetero) is 1. The average Bonchev–Trinajstić information content (AvgIpc) is 2.92. The van der Waals surface area contributed by atoms with Gasteiger partial charge >= 0.3 is 11.7 Å². The fourth-order valence-electron chi connectivity index (χ4n) is 1.99. The van der Waals surface area contributed by atoms with Crippen LogP contribution >= 0.6 is 0 Å². The number of ether oxygens (including phenoxy) is 1. The molecule has 0 spiro atoms. The summed E-state index contributed by atoms with van der Waals surface area (Å²) in [5, 5.41) is 0. The van der Waals surface area contributed by atoms with Crippen molar-refractivity contribution in [2.75, 3.05) is 6.61 Å². The van der Waals surface area contributed by atoms with Crippen LogP contribution in [0.5, 0.6) is 0 Å². The van der Waals surface area contributed by atoms with Gasteiger partial charge in [0.1, 0.15) is 0 Å². The van der Waals surface area contributed by atoms with Crippen LogP contribution in [0.3, 0.4) is 0 Å². The fourth-order valence-corrected chi connectivity index (χ4v) is 1.99. The lowest BCUT2D eigenvalue weighted by Gasteiger charge is -2.04. The highest BCUT2D eigenvalue weighted by atomic mass is 16.5. The number of fused-ring (bicyclic) bond motifs is 1. The Morgan fingerprint density at radius 1 is 1.13 bits per heavy atom. The molecule has 0 fully saturated rings. The molecule has 0 atom stereocenters. The molecule has 0 unspecified atom stereocenters. The standard InChI is InChI=1S/C15H12N4O4/c1-8-5-17-12(6-16-8)14(21)23-7-13(20)9-2-3-10-11(4-9)19-15(22)18-10/h2-6H,7H2,1H3,(H2,18,19,22). The molecule has 116 valence electrons. The molecule has 0 amide bonds. The molecule has 2 N–H and O–H groups in total. The number of carbonyl (C=O) groups is 2. The van der Waals surface area contributed by atoms with Crippen LogP contribution in [-0.4, -0.2) is 38.3 Å². The number of hydrogen-bond donors (Lipinski definition) is 2. The number of rotatable bonds is 4. The number of nitrogens with zero attached hydrogens (tertiary/aromatic N) is 2. The van der Waals surface area contributed by atoms with E-state index in [1.54, 1.807) is 19.1 Å². The minimum Gasteiger partial charge on any atom is -0.453 e. The average molecular weight is 312 g/mol. The van der Waals surface area contributed by atoms with Gasteiger partial charge in [-0.2, -0.15) is 0 Å². The Morgan fingerprint density at radius 3 is 2.65 bits per heavy atom. The zero-order chi connectivity index (χ0) is 16.4. The summed E-state index contributed by atoms with van der Waals surface area (Å²) in [6.45, 7) is 1.32. The van der Waals surface area contributed by atoms with Gasteiger partial charge < -0.3 is 14.7 Å². The topological polar surface area (TPSA) is 118 Å². The summed E-state index contributed by atoms with van der Waals surface area (Å²) >= 11 is 0. The van der Waals surface area contributed by atoms with E-state index in [0.717, 1.165) is 0 Å². The monoisotopic (exact) mass is 312 g/mol. The van der Waals surface area contributed by atoms with Crippen molar-refractivity contribution in [1.29, 1.82) is 0 Å². The maximum absolute atomic E-state index is 12.1. The van der Waals surface area contributed by atoms with Gasteiger partial charge in [-0.15, -0.1) is 0 Å². The first-order valence-electron chi connectivity index (χ1n) is 6.74. The van der Waals surface area contributed by atoms with Crippen LogP contribution in [0.15, 0.2) is 35.4 Å². The Morgan fingerprint density at radius 2 is 1.91 bits per heavy atom. The molecule has 8 nitrogen and oxygen atoms in total. The van der Waals surface area contributed by atoms with Crippen LogP contribution in [0.1, 0.15) is 26.5 Å². The molecule has 23 heavy (non-hydrogen) atoms. The van der Waals surface area contributed by atoms with E-state index < -0.39 is 12.6 Å². The molecule has 0 aliphatic rings. The fraction of sp³-hybridized carbons (Fsp3) is 0.133. The van der Waals surface area contributed by atoms with Crippen molar-refractivity contribution >= 4 is 22.8 Å². The van der Waals surface area contributed by atoms with Gasteiger partial charge in [-0.05, 0) is 25.1 Å². The summed E-state index contributed by atoms with van der Waals surface area (Å²) in [7, 11) is 0. The molecule has 3 rings (SSSR count). The van der Waals surface area contributed by atoms with Gasteiger partial charge in [0.25, 0.3) is 0 Å². The second kappa shape index (κ2) is 5.84. The SMILES string of the molecule is Cc1cnc(C(=O)OCC(=O)c2ccc3[nH]c(=O)[nH]c3c2)cn1. The number of imidazole rings is 1. The molecular formula is C15H12N4O4. The first-order chi connectivity index (χ1) is 11.0. The Balaban J connectivity index is 1.69. The highest BCUT2D eigenvalue weighted by Crippen LogP contribution is 2.11. The number of esters is 1. The summed E-state index contributed by atoms with van der Waals surface area (Å²) in [5.74, 6) is -1.11. The number of hydrogen-bond acceptors (Lipinski definition) is 6. The number of benzene rings is 1. The lowest BCUT2D eigenvalue weighted by molar-refractivity contribution is 0.0468. The van der Waals surface area contributed by atoms with Gasteiger partial charge in [0.2, 0.25) is 0 Å². The van der Waals surface area contributed by atoms with Crippen molar-refractivity contribution in [3.8, 4) is 0 Å². The van der Waals surface area contributed by atoms with Crippen molar-refractivity contribution in [3.63, 3.8) is 0 Å². The van der Waals surface area contributed by atoms with Crippen LogP contribution in [0.25, 0.3) is 11.0 Å². The second-order valence-corrected chi connectivity index (χ2v) is 4.88. The molecule has 1 aromatic carbocycles. The third-order valence-corrected chi connectivity index (χ3v) is 3.16. The number of aromatic nitrogens is 4. The smallest absolute Gasteiger partial charge is 0.358 e. The van der Waals surface area contributed by atoms with Gasteiger partial charge in [-0.1, -0.05) is 0 Å². The summed E-state index contributed by atoms with van der Waals surface area (Å²) in [5.41, 5.74) is 1.79. The highest BCUT2D eigenvalue weighted by Gasteiger charge is 2.14. The molecule has 8 heteroatoms.